The summed E-state index contributed by atoms with van der Waals surface area (Å²) in [6.07, 6.45) is 0. The minimum atomic E-state index is -0.542. The zero-order chi connectivity index (χ0) is 13.7. The van der Waals surface area contributed by atoms with Gasteiger partial charge >= 0.3 is 0 Å². The van der Waals surface area contributed by atoms with E-state index in [9.17, 15) is 14.9 Å². The number of hydrogen-bond donors (Lipinski definition) is 0. The number of carbonyl (C=O) groups excluding carboxylic acids is 1. The molecular weight excluding hydrogens is 256 g/mol. The third-order valence-electron chi connectivity index (χ3n) is 3.02. The van der Waals surface area contributed by atoms with Crippen LogP contribution in [0.25, 0.3) is 0 Å². The van der Waals surface area contributed by atoms with Gasteiger partial charge < -0.3 is 4.90 Å². The Balaban J connectivity index is 2.61. The van der Waals surface area contributed by atoms with E-state index in [0.29, 0.717) is 17.1 Å². The Morgan fingerprint density at radius 1 is 1.39 bits per heavy atom. The Hall–Kier alpha value is -1.62. The van der Waals surface area contributed by atoms with Crippen LogP contribution in [-0.2, 0) is 6.54 Å². The molecule has 0 bridgehead atoms. The highest BCUT2D eigenvalue weighted by Gasteiger charge is 2.40. The number of hydrogen-bond acceptors (Lipinski definition) is 3. The highest BCUT2D eigenvalue weighted by atomic mass is 35.5. The average Bonchev–Trinajstić information content (AvgIpc) is 2.57. The van der Waals surface area contributed by atoms with Gasteiger partial charge in [0.25, 0.3) is 11.6 Å². The van der Waals surface area contributed by atoms with Crippen LogP contribution in [0, 0.1) is 10.1 Å². The number of halogens is 1. The predicted octanol–water partition coefficient (Wildman–Crippen LogP) is 3.00. The molecule has 0 aliphatic carbocycles. The SMILES string of the molecule is CC(C)(C)N1Cc2c(Cl)ccc([N+](=O)[O-])c2C1=O. The van der Waals surface area contributed by atoms with E-state index in [2.05, 4.69) is 0 Å². The number of amides is 1. The molecule has 0 saturated carbocycles. The molecule has 0 radical (unpaired) electrons. The number of carbonyl (C=O) groups is 1. The van der Waals surface area contributed by atoms with Crippen molar-refractivity contribution in [3.05, 3.63) is 38.4 Å². The molecule has 6 heteroatoms. The molecule has 96 valence electrons. The lowest BCUT2D eigenvalue weighted by molar-refractivity contribution is -0.385. The van der Waals surface area contributed by atoms with E-state index in [4.69, 9.17) is 11.6 Å². The van der Waals surface area contributed by atoms with Gasteiger partial charge in [-0.15, -0.1) is 0 Å². The average molecular weight is 269 g/mol. The van der Waals surface area contributed by atoms with E-state index in [1.807, 2.05) is 20.8 Å². The first kappa shape index (κ1) is 12.8. The quantitative estimate of drug-likeness (QED) is 0.581. The van der Waals surface area contributed by atoms with Crippen molar-refractivity contribution in [2.75, 3.05) is 0 Å². The molecule has 18 heavy (non-hydrogen) atoms. The molecule has 1 aliphatic heterocycles. The first-order valence-electron chi connectivity index (χ1n) is 5.51. The van der Waals surface area contributed by atoms with E-state index < -0.39 is 10.5 Å². The molecule has 1 aromatic rings. The second-order valence-electron chi connectivity index (χ2n) is 5.24. The highest BCUT2D eigenvalue weighted by Crippen LogP contribution is 2.38. The largest absolute Gasteiger partial charge is 0.329 e. The van der Waals surface area contributed by atoms with Gasteiger partial charge in [0, 0.05) is 28.7 Å². The standard InChI is InChI=1S/C12H13ClN2O3/c1-12(2,3)14-6-7-8(13)4-5-9(15(17)18)10(7)11(14)16/h4-5H,6H2,1-3H3. The van der Waals surface area contributed by atoms with Crippen LogP contribution in [0.5, 0.6) is 0 Å². The molecule has 0 aromatic heterocycles. The monoisotopic (exact) mass is 268 g/mol. The van der Waals surface area contributed by atoms with Gasteiger partial charge in [0.15, 0.2) is 0 Å². The second kappa shape index (κ2) is 3.95. The van der Waals surface area contributed by atoms with Crippen molar-refractivity contribution in [3.63, 3.8) is 0 Å². The van der Waals surface area contributed by atoms with Crippen LogP contribution < -0.4 is 0 Å². The fraction of sp³-hybridized carbons (Fsp3) is 0.417. The number of nitro groups is 1. The topological polar surface area (TPSA) is 63.4 Å². The summed E-state index contributed by atoms with van der Waals surface area (Å²) in [6.45, 7) is 5.97. The molecule has 0 spiro atoms. The van der Waals surface area contributed by atoms with Gasteiger partial charge in [-0.1, -0.05) is 11.6 Å². The lowest BCUT2D eigenvalue weighted by Crippen LogP contribution is -2.41. The summed E-state index contributed by atoms with van der Waals surface area (Å²) in [5.41, 5.74) is 0.104. The maximum Gasteiger partial charge on any atom is 0.282 e. The normalized spacial score (nSPS) is 14.9. The molecule has 1 heterocycles. The summed E-state index contributed by atoms with van der Waals surface area (Å²) >= 11 is 6.03. The summed E-state index contributed by atoms with van der Waals surface area (Å²) in [5.74, 6) is -0.327. The molecule has 1 aromatic carbocycles. The van der Waals surface area contributed by atoms with E-state index in [0.717, 1.165) is 0 Å². The van der Waals surface area contributed by atoms with Gasteiger partial charge in [0.05, 0.1) is 4.92 Å². The lowest BCUT2D eigenvalue weighted by atomic mass is 10.1. The maximum atomic E-state index is 12.3. The third-order valence-corrected chi connectivity index (χ3v) is 3.37. The second-order valence-corrected chi connectivity index (χ2v) is 5.65. The molecule has 0 N–H and O–H groups in total. The van der Waals surface area contributed by atoms with Crippen molar-refractivity contribution < 1.29 is 9.72 Å². The van der Waals surface area contributed by atoms with Gasteiger partial charge in [-0.2, -0.15) is 0 Å². The van der Waals surface area contributed by atoms with Crippen molar-refractivity contribution in [2.45, 2.75) is 32.9 Å². The number of rotatable bonds is 1. The Morgan fingerprint density at radius 2 is 2.00 bits per heavy atom. The van der Waals surface area contributed by atoms with Crippen LogP contribution in [0.3, 0.4) is 0 Å². The van der Waals surface area contributed by atoms with Crippen molar-refractivity contribution in [1.82, 2.24) is 4.90 Å². The molecule has 5 nitrogen and oxygen atoms in total. The summed E-state index contributed by atoms with van der Waals surface area (Å²) < 4.78 is 0. The number of nitro benzene ring substituents is 1. The van der Waals surface area contributed by atoms with Gasteiger partial charge in [-0.25, -0.2) is 0 Å². The zero-order valence-electron chi connectivity index (χ0n) is 10.4. The molecule has 0 unspecified atom stereocenters. The highest BCUT2D eigenvalue weighted by molar-refractivity contribution is 6.32. The number of nitrogens with zero attached hydrogens (tertiary/aromatic N) is 2. The number of fused-ring (bicyclic) bond motifs is 1. The van der Waals surface area contributed by atoms with Crippen LogP contribution in [0.2, 0.25) is 5.02 Å². The van der Waals surface area contributed by atoms with E-state index >= 15 is 0 Å². The van der Waals surface area contributed by atoms with Crippen molar-refractivity contribution in [2.24, 2.45) is 0 Å². The van der Waals surface area contributed by atoms with Crippen LogP contribution in [0.4, 0.5) is 5.69 Å². The minimum Gasteiger partial charge on any atom is -0.329 e. The van der Waals surface area contributed by atoms with Crippen LogP contribution >= 0.6 is 11.6 Å². The van der Waals surface area contributed by atoms with Gasteiger partial charge in [0.2, 0.25) is 0 Å². The first-order valence-corrected chi connectivity index (χ1v) is 5.89. The van der Waals surface area contributed by atoms with E-state index in [-0.39, 0.29) is 17.2 Å². The fourth-order valence-corrected chi connectivity index (χ4v) is 2.28. The third kappa shape index (κ3) is 1.84. The molecular formula is C12H13ClN2O3. The number of benzene rings is 1. The van der Waals surface area contributed by atoms with Crippen LogP contribution in [0.15, 0.2) is 12.1 Å². The van der Waals surface area contributed by atoms with Crippen molar-refractivity contribution in [3.8, 4) is 0 Å². The van der Waals surface area contributed by atoms with Gasteiger partial charge in [-0.05, 0) is 26.8 Å². The van der Waals surface area contributed by atoms with Crippen molar-refractivity contribution >= 4 is 23.2 Å². The van der Waals surface area contributed by atoms with Crippen molar-refractivity contribution in [1.29, 1.82) is 0 Å². The summed E-state index contributed by atoms with van der Waals surface area (Å²) in [7, 11) is 0. The Labute approximate surface area is 109 Å². The van der Waals surface area contributed by atoms with Crippen LogP contribution in [-0.4, -0.2) is 21.3 Å². The first-order chi connectivity index (χ1) is 8.23. The summed E-state index contributed by atoms with van der Waals surface area (Å²) in [4.78, 5) is 24.3. The Morgan fingerprint density at radius 3 is 2.50 bits per heavy atom. The summed E-state index contributed by atoms with van der Waals surface area (Å²) in [6, 6.07) is 2.75. The van der Waals surface area contributed by atoms with Gasteiger partial charge in [-0.3, -0.25) is 14.9 Å². The molecule has 0 atom stereocenters. The minimum absolute atomic E-state index is 0.127. The van der Waals surface area contributed by atoms with Crippen LogP contribution in [0.1, 0.15) is 36.7 Å². The van der Waals surface area contributed by atoms with Gasteiger partial charge in [0.1, 0.15) is 5.56 Å². The summed E-state index contributed by atoms with van der Waals surface area (Å²) in [5, 5.41) is 11.4. The van der Waals surface area contributed by atoms with E-state index in [1.54, 1.807) is 4.90 Å². The maximum absolute atomic E-state index is 12.3. The molecule has 2 rings (SSSR count). The van der Waals surface area contributed by atoms with E-state index in [1.165, 1.54) is 12.1 Å². The lowest BCUT2D eigenvalue weighted by Gasteiger charge is -2.31. The predicted molar refractivity (Wildman–Crippen MR) is 67.7 cm³/mol. The molecule has 1 aliphatic rings. The zero-order valence-corrected chi connectivity index (χ0v) is 11.1. The molecule has 0 saturated heterocycles. The smallest absolute Gasteiger partial charge is 0.282 e. The molecule has 1 amide bonds. The fourth-order valence-electron chi connectivity index (χ4n) is 2.06. The Kier molecular flexibility index (Phi) is 2.81. The Bertz CT molecular complexity index is 549. The molecule has 0 fully saturated rings.